The molecule has 16 nitrogen and oxygen atoms in total. The van der Waals surface area contributed by atoms with E-state index >= 15 is 0 Å². The molecule has 5 heterocycles. The number of amides is 5. The van der Waals surface area contributed by atoms with E-state index in [1.54, 1.807) is 9.58 Å². The lowest BCUT2D eigenvalue weighted by molar-refractivity contribution is -0.140. The molecule has 1 aliphatic carbocycles. The monoisotopic (exact) mass is 971 g/mol. The largest absolute Gasteiger partial charge is 0.379 e. The summed E-state index contributed by atoms with van der Waals surface area (Å²) in [4.78, 5) is 69.7. The molecule has 5 aliphatic rings. The minimum Gasteiger partial charge on any atom is -0.379 e. The van der Waals surface area contributed by atoms with E-state index in [-0.39, 0.29) is 68.6 Å². The van der Waals surface area contributed by atoms with Crippen molar-refractivity contribution in [2.24, 2.45) is 5.92 Å². The summed E-state index contributed by atoms with van der Waals surface area (Å²) in [5.74, 6) is -0.720. The summed E-state index contributed by atoms with van der Waals surface area (Å²) in [5, 5.41) is 11.3. The Balaban J connectivity index is 0.690. The Bertz CT molecular complexity index is 2680. The van der Waals surface area contributed by atoms with Crippen LogP contribution in [0.15, 0.2) is 96.1 Å². The van der Waals surface area contributed by atoms with Crippen LogP contribution in [0.25, 0.3) is 22.5 Å². The number of hydrogen-bond donors (Lipinski definition) is 2. The number of allylic oxidation sites excluding steroid dienone is 1. The highest BCUT2D eigenvalue weighted by atomic mass is 32.1. The molecule has 0 radical (unpaired) electrons. The van der Waals surface area contributed by atoms with E-state index in [0.717, 1.165) is 40.1 Å². The van der Waals surface area contributed by atoms with Crippen molar-refractivity contribution in [2.45, 2.75) is 82.3 Å². The maximum Gasteiger partial charge on any atom is 0.242 e. The minimum absolute atomic E-state index is 0.0257. The predicted octanol–water partition coefficient (Wildman–Crippen LogP) is 5.44. The zero-order valence-electron chi connectivity index (χ0n) is 39.8. The summed E-state index contributed by atoms with van der Waals surface area (Å²) in [6.07, 6.45) is 6.66. The predicted molar refractivity (Wildman–Crippen MR) is 264 cm³/mol. The molecule has 2 unspecified atom stereocenters. The maximum atomic E-state index is 14.0. The van der Waals surface area contributed by atoms with Crippen LogP contribution in [-0.4, -0.2) is 132 Å². The average Bonchev–Trinajstić information content (AvgIpc) is 3.94. The van der Waals surface area contributed by atoms with Gasteiger partial charge in [0.1, 0.15) is 5.69 Å². The number of nitrogens with one attached hydrogen (secondary N) is 1. The Kier molecular flexibility index (Phi) is 15.4. The van der Waals surface area contributed by atoms with Crippen LogP contribution in [0, 0.1) is 5.92 Å². The third-order valence-electron chi connectivity index (χ3n) is 14.0. The summed E-state index contributed by atoms with van der Waals surface area (Å²) in [7, 11) is 0. The minimum atomic E-state index is -0.674. The van der Waals surface area contributed by atoms with E-state index in [9.17, 15) is 24.0 Å². The van der Waals surface area contributed by atoms with E-state index < -0.39 is 16.7 Å². The molecule has 4 aliphatic heterocycles. The van der Waals surface area contributed by atoms with E-state index in [0.29, 0.717) is 83.1 Å². The van der Waals surface area contributed by atoms with E-state index in [4.69, 9.17) is 18.9 Å². The Morgan fingerprint density at radius 2 is 1.43 bits per heavy atom. The number of thiol groups is 1. The molecule has 0 spiro atoms. The molecule has 70 heavy (non-hydrogen) atoms. The first-order valence-corrected chi connectivity index (χ1v) is 24.9. The molecule has 5 amide bonds. The molecule has 1 fully saturated rings. The third-order valence-corrected chi connectivity index (χ3v) is 14.4. The van der Waals surface area contributed by atoms with Gasteiger partial charge in [-0.05, 0) is 59.6 Å². The molecule has 1 aromatic heterocycles. The number of fused-ring (bicyclic) bond motifs is 11. The normalized spacial score (nSPS) is 21.0. The maximum absolute atomic E-state index is 14.0. The summed E-state index contributed by atoms with van der Waals surface area (Å²) in [6, 6.07) is 24.1. The smallest absolute Gasteiger partial charge is 0.242 e. The fourth-order valence-electron chi connectivity index (χ4n) is 10.6. The number of rotatable bonds is 21. The van der Waals surface area contributed by atoms with Crippen molar-refractivity contribution in [3.63, 3.8) is 0 Å². The molecule has 0 saturated carbocycles. The number of carbonyl (C=O) groups is 5. The molecule has 1 saturated heterocycles. The SMILES string of the molecule is CC1C=CC2=C(C1)[C@]1(C)c3ccccc3C[C@H]2N1C(=O)CCOCCOCCOCCOCCn1nnc2c1-c1ccccc1N(C(=O)CCNC(=O)CCN1C(=O)CC(S)C1=O)Cc1ccccc1-2. The van der Waals surface area contributed by atoms with Gasteiger partial charge in [-0.15, -0.1) is 5.10 Å². The van der Waals surface area contributed by atoms with Crippen LogP contribution in [0.4, 0.5) is 5.69 Å². The van der Waals surface area contributed by atoms with Crippen molar-refractivity contribution in [1.29, 1.82) is 0 Å². The summed E-state index contributed by atoms with van der Waals surface area (Å²) >= 11 is 4.13. The molecular weight excluding hydrogens is 911 g/mol. The van der Waals surface area contributed by atoms with Crippen molar-refractivity contribution < 1.29 is 42.9 Å². The molecule has 9 rings (SSSR count). The first-order valence-electron chi connectivity index (χ1n) is 24.4. The first kappa shape index (κ1) is 49.0. The Labute approximate surface area is 413 Å². The number of imide groups is 1. The average molecular weight is 972 g/mol. The number of carbonyl (C=O) groups excluding carboxylic acids is 5. The highest BCUT2D eigenvalue weighted by Crippen LogP contribution is 2.55. The van der Waals surface area contributed by atoms with Crippen LogP contribution in [0.2, 0.25) is 0 Å². The second-order valence-corrected chi connectivity index (χ2v) is 19.1. The molecule has 1 N–H and O–H groups in total. The lowest BCUT2D eigenvalue weighted by atomic mass is 9.76. The number of anilines is 1. The van der Waals surface area contributed by atoms with Crippen molar-refractivity contribution >= 4 is 47.9 Å². The molecular formula is C53H61N7O9S. The standard InChI is InChI=1S/C53H61N7O9S/c1-35-15-16-39-42(31-35)53(2)41-13-7-4-9-36(41)32-44(39)60(53)48(63)19-23-66-25-27-68-29-30-69-28-26-67-24-22-59-51-40-12-6-8-14-43(40)58(34-37-10-3-5-11-38(37)50(51)55-56-59)47(62)17-20-54-46(61)18-21-57-49(64)33-45(70)52(57)65/h3-16,35,44-45,70H,17-34H2,1-2H3,(H,54,61)/t35?,44-,45?,53+/m1/s1. The van der Waals surface area contributed by atoms with Crippen LogP contribution in [-0.2, 0) is 68.0 Å². The van der Waals surface area contributed by atoms with Crippen molar-refractivity contribution in [1.82, 2.24) is 30.1 Å². The summed E-state index contributed by atoms with van der Waals surface area (Å²) < 4.78 is 25.1. The Morgan fingerprint density at radius 3 is 2.17 bits per heavy atom. The lowest BCUT2D eigenvalue weighted by Gasteiger charge is -2.46. The molecule has 2 bridgehead atoms. The number of para-hydroxylation sites is 1. The molecule has 3 aromatic carbocycles. The Hall–Kier alpha value is -5.98. The van der Waals surface area contributed by atoms with Crippen LogP contribution in [0.1, 0.15) is 62.6 Å². The fourth-order valence-corrected chi connectivity index (χ4v) is 10.9. The number of benzene rings is 3. The van der Waals surface area contributed by atoms with Gasteiger partial charge in [0.25, 0.3) is 0 Å². The van der Waals surface area contributed by atoms with Gasteiger partial charge in [-0.2, -0.15) is 12.6 Å². The molecule has 4 aromatic rings. The zero-order valence-corrected chi connectivity index (χ0v) is 40.7. The van der Waals surface area contributed by atoms with E-state index in [1.807, 2.05) is 48.5 Å². The van der Waals surface area contributed by atoms with Gasteiger partial charge in [0.05, 0.1) is 101 Å². The van der Waals surface area contributed by atoms with Gasteiger partial charge >= 0.3 is 0 Å². The fraction of sp³-hybridized carbons (Fsp3) is 0.453. The third kappa shape index (κ3) is 10.1. The first-order chi connectivity index (χ1) is 34.0. The zero-order chi connectivity index (χ0) is 48.8. The van der Waals surface area contributed by atoms with Crippen LogP contribution >= 0.6 is 12.6 Å². The van der Waals surface area contributed by atoms with Gasteiger partial charge < -0.3 is 34.1 Å². The Morgan fingerprint density at radius 1 is 0.757 bits per heavy atom. The van der Waals surface area contributed by atoms with Crippen molar-refractivity contribution in [2.75, 3.05) is 70.8 Å². The second-order valence-electron chi connectivity index (χ2n) is 18.5. The number of aromatic nitrogens is 3. The molecule has 17 heteroatoms. The van der Waals surface area contributed by atoms with Crippen molar-refractivity contribution in [3.05, 3.63) is 113 Å². The lowest BCUT2D eigenvalue weighted by Crippen LogP contribution is -2.53. The number of ether oxygens (including phenoxy) is 4. The van der Waals surface area contributed by atoms with E-state index in [2.05, 4.69) is 83.4 Å². The quantitative estimate of drug-likeness (QED) is 0.0618. The summed E-state index contributed by atoms with van der Waals surface area (Å²) in [5.41, 5.74) is 9.53. The van der Waals surface area contributed by atoms with Gasteiger partial charge in [0.2, 0.25) is 29.5 Å². The highest BCUT2D eigenvalue weighted by molar-refractivity contribution is 7.81. The number of hydrogen-bond acceptors (Lipinski definition) is 12. The number of likely N-dealkylation sites (tertiary alicyclic amines) is 1. The summed E-state index contributed by atoms with van der Waals surface area (Å²) in [6.45, 7) is 8.24. The molecule has 4 atom stereocenters. The van der Waals surface area contributed by atoms with Crippen LogP contribution < -0.4 is 10.2 Å². The molecule has 368 valence electrons. The van der Waals surface area contributed by atoms with E-state index in [1.165, 1.54) is 22.3 Å². The van der Waals surface area contributed by atoms with Gasteiger partial charge in [0, 0.05) is 43.5 Å². The van der Waals surface area contributed by atoms with Gasteiger partial charge in [0.15, 0.2) is 0 Å². The van der Waals surface area contributed by atoms with Gasteiger partial charge in [-0.1, -0.05) is 91.0 Å². The highest BCUT2D eigenvalue weighted by Gasteiger charge is 2.55. The van der Waals surface area contributed by atoms with Crippen LogP contribution in [0.5, 0.6) is 0 Å². The van der Waals surface area contributed by atoms with Crippen LogP contribution in [0.3, 0.4) is 0 Å². The van der Waals surface area contributed by atoms with Gasteiger partial charge in [-0.25, -0.2) is 4.68 Å². The van der Waals surface area contributed by atoms with Gasteiger partial charge in [-0.3, -0.25) is 28.9 Å². The second kappa shape index (κ2) is 22.0. The topological polar surface area (TPSA) is 175 Å². The number of nitrogens with zero attached hydrogens (tertiary/aromatic N) is 6. The van der Waals surface area contributed by atoms with Crippen molar-refractivity contribution in [3.8, 4) is 22.5 Å².